The van der Waals surface area contributed by atoms with Crippen molar-refractivity contribution in [2.45, 2.75) is 13.8 Å². The molecule has 0 aliphatic carbocycles. The van der Waals surface area contributed by atoms with Crippen LogP contribution in [0, 0.1) is 25.5 Å². The van der Waals surface area contributed by atoms with Gasteiger partial charge in [-0.05, 0) is 26.0 Å². The molecule has 7 nitrogen and oxygen atoms in total. The summed E-state index contributed by atoms with van der Waals surface area (Å²) < 4.78 is 28.7. The first-order valence-electron chi connectivity index (χ1n) is 8.10. The number of nitrogens with zero attached hydrogens (tertiary/aromatic N) is 5. The standard InChI is InChI=1S/C18H15F2N7/c1-9-3-5-11(6-4-9)23-17-24-16(21)25-18(26-17)27-10(2)22-14-7-12(19)13(20)8-15(14)27/h3-8H,1-2H3,(H3,21,23,24,25,26). The highest BCUT2D eigenvalue weighted by Crippen LogP contribution is 2.23. The summed E-state index contributed by atoms with van der Waals surface area (Å²) in [5.41, 5.74) is 8.34. The topological polar surface area (TPSA) is 94.5 Å². The van der Waals surface area contributed by atoms with Gasteiger partial charge in [-0.15, -0.1) is 0 Å². The molecule has 0 fully saturated rings. The number of benzene rings is 2. The summed E-state index contributed by atoms with van der Waals surface area (Å²) in [7, 11) is 0. The van der Waals surface area contributed by atoms with E-state index in [9.17, 15) is 8.78 Å². The molecule has 9 heteroatoms. The van der Waals surface area contributed by atoms with Crippen molar-refractivity contribution in [2.75, 3.05) is 11.1 Å². The van der Waals surface area contributed by atoms with Crippen molar-refractivity contribution in [2.24, 2.45) is 0 Å². The van der Waals surface area contributed by atoms with Gasteiger partial charge in [0.05, 0.1) is 11.0 Å². The lowest BCUT2D eigenvalue weighted by atomic mass is 10.2. The van der Waals surface area contributed by atoms with E-state index in [-0.39, 0.29) is 17.8 Å². The van der Waals surface area contributed by atoms with Crippen LogP contribution in [0.25, 0.3) is 17.0 Å². The van der Waals surface area contributed by atoms with Crippen molar-refractivity contribution in [1.82, 2.24) is 24.5 Å². The number of nitrogens with two attached hydrogens (primary N) is 1. The average molecular weight is 367 g/mol. The molecule has 136 valence electrons. The number of fused-ring (bicyclic) bond motifs is 1. The second-order valence-electron chi connectivity index (χ2n) is 6.06. The minimum absolute atomic E-state index is 0.0153. The molecule has 2 aromatic carbocycles. The van der Waals surface area contributed by atoms with E-state index in [4.69, 9.17) is 5.73 Å². The summed E-state index contributed by atoms with van der Waals surface area (Å²) in [4.78, 5) is 16.8. The average Bonchev–Trinajstić information content (AvgIpc) is 2.92. The van der Waals surface area contributed by atoms with Gasteiger partial charge in [0.25, 0.3) is 0 Å². The summed E-state index contributed by atoms with van der Waals surface area (Å²) in [6.07, 6.45) is 0. The Bertz CT molecular complexity index is 1150. The number of imidazole rings is 1. The van der Waals surface area contributed by atoms with Crippen LogP contribution < -0.4 is 11.1 Å². The Labute approximate surface area is 152 Å². The lowest BCUT2D eigenvalue weighted by Gasteiger charge is -2.09. The van der Waals surface area contributed by atoms with Gasteiger partial charge in [-0.2, -0.15) is 15.0 Å². The number of nitrogen functional groups attached to an aromatic ring is 1. The maximum absolute atomic E-state index is 13.7. The van der Waals surface area contributed by atoms with Crippen LogP contribution in [0.3, 0.4) is 0 Å². The van der Waals surface area contributed by atoms with Crippen molar-refractivity contribution in [3.8, 4) is 5.95 Å². The molecule has 4 rings (SSSR count). The lowest BCUT2D eigenvalue weighted by Crippen LogP contribution is -2.10. The monoisotopic (exact) mass is 367 g/mol. The normalized spacial score (nSPS) is 11.1. The number of halogens is 2. The zero-order valence-corrected chi connectivity index (χ0v) is 14.5. The van der Waals surface area contributed by atoms with E-state index in [1.807, 2.05) is 31.2 Å². The molecule has 0 saturated carbocycles. The maximum atomic E-state index is 13.7. The molecule has 0 atom stereocenters. The third-order valence-electron chi connectivity index (χ3n) is 4.01. The predicted octanol–water partition coefficient (Wildman–Crippen LogP) is 3.43. The molecule has 4 aromatic rings. The third-order valence-corrected chi connectivity index (χ3v) is 4.01. The molecule has 2 heterocycles. The zero-order valence-electron chi connectivity index (χ0n) is 14.5. The van der Waals surface area contributed by atoms with Gasteiger partial charge in [-0.25, -0.2) is 13.8 Å². The Balaban J connectivity index is 1.81. The van der Waals surface area contributed by atoms with Gasteiger partial charge < -0.3 is 11.1 Å². The first-order valence-corrected chi connectivity index (χ1v) is 8.10. The number of rotatable bonds is 3. The molecule has 0 radical (unpaired) electrons. The van der Waals surface area contributed by atoms with Crippen molar-refractivity contribution < 1.29 is 8.78 Å². The molecule has 0 aliphatic rings. The Morgan fingerprint density at radius 2 is 1.63 bits per heavy atom. The Hall–Kier alpha value is -3.62. The van der Waals surface area contributed by atoms with Crippen LogP contribution >= 0.6 is 0 Å². The molecular weight excluding hydrogens is 352 g/mol. The minimum atomic E-state index is -0.983. The summed E-state index contributed by atoms with van der Waals surface area (Å²) >= 11 is 0. The highest BCUT2D eigenvalue weighted by atomic mass is 19.2. The molecule has 0 spiro atoms. The molecule has 3 N–H and O–H groups in total. The lowest BCUT2D eigenvalue weighted by molar-refractivity contribution is 0.510. The number of aryl methyl sites for hydroxylation is 2. The van der Waals surface area contributed by atoms with Crippen LogP contribution in [-0.2, 0) is 0 Å². The van der Waals surface area contributed by atoms with E-state index in [0.717, 1.165) is 23.4 Å². The highest BCUT2D eigenvalue weighted by Gasteiger charge is 2.16. The van der Waals surface area contributed by atoms with Crippen molar-refractivity contribution >= 4 is 28.6 Å². The van der Waals surface area contributed by atoms with Crippen LogP contribution in [0.2, 0.25) is 0 Å². The van der Waals surface area contributed by atoms with E-state index >= 15 is 0 Å². The van der Waals surface area contributed by atoms with Gasteiger partial charge in [0.2, 0.25) is 17.8 Å². The fraction of sp³-hybridized carbons (Fsp3) is 0.111. The second kappa shape index (κ2) is 6.27. The van der Waals surface area contributed by atoms with Crippen molar-refractivity contribution in [3.05, 3.63) is 59.4 Å². The molecule has 0 unspecified atom stereocenters. The summed E-state index contributed by atoms with van der Waals surface area (Å²) in [5, 5.41) is 3.05. The first-order chi connectivity index (χ1) is 12.9. The highest BCUT2D eigenvalue weighted by molar-refractivity contribution is 5.78. The van der Waals surface area contributed by atoms with E-state index in [2.05, 4.69) is 25.3 Å². The molecule has 0 aliphatic heterocycles. The number of hydrogen-bond acceptors (Lipinski definition) is 6. The van der Waals surface area contributed by atoms with Crippen LogP contribution in [0.1, 0.15) is 11.4 Å². The van der Waals surface area contributed by atoms with Gasteiger partial charge in [0.1, 0.15) is 5.82 Å². The minimum Gasteiger partial charge on any atom is -0.368 e. The van der Waals surface area contributed by atoms with E-state index < -0.39 is 11.6 Å². The molecule has 0 saturated heterocycles. The SMILES string of the molecule is Cc1ccc(Nc2nc(N)nc(-n3c(C)nc4cc(F)c(F)cc43)n2)cc1. The number of hydrogen-bond donors (Lipinski definition) is 2. The van der Waals surface area contributed by atoms with Gasteiger partial charge in [0.15, 0.2) is 11.6 Å². The Morgan fingerprint density at radius 1 is 0.926 bits per heavy atom. The van der Waals surface area contributed by atoms with Gasteiger partial charge in [0, 0.05) is 17.8 Å². The Morgan fingerprint density at radius 3 is 2.37 bits per heavy atom. The van der Waals surface area contributed by atoms with E-state index in [0.29, 0.717) is 16.9 Å². The van der Waals surface area contributed by atoms with Gasteiger partial charge >= 0.3 is 0 Å². The molecule has 27 heavy (non-hydrogen) atoms. The summed E-state index contributed by atoms with van der Waals surface area (Å²) in [5.74, 6) is -1.12. The Kier molecular flexibility index (Phi) is 3.91. The maximum Gasteiger partial charge on any atom is 0.242 e. The number of aromatic nitrogens is 5. The van der Waals surface area contributed by atoms with Crippen LogP contribution in [-0.4, -0.2) is 24.5 Å². The fourth-order valence-electron chi connectivity index (χ4n) is 2.75. The predicted molar refractivity (Wildman–Crippen MR) is 98.0 cm³/mol. The van der Waals surface area contributed by atoms with Crippen molar-refractivity contribution in [3.63, 3.8) is 0 Å². The zero-order chi connectivity index (χ0) is 19.1. The fourth-order valence-corrected chi connectivity index (χ4v) is 2.75. The van der Waals surface area contributed by atoms with E-state index in [1.54, 1.807) is 6.92 Å². The summed E-state index contributed by atoms with van der Waals surface area (Å²) in [6, 6.07) is 9.73. The van der Waals surface area contributed by atoms with Gasteiger partial charge in [-0.1, -0.05) is 17.7 Å². The third kappa shape index (κ3) is 3.14. The quantitative estimate of drug-likeness (QED) is 0.576. The number of anilines is 3. The van der Waals surface area contributed by atoms with Crippen LogP contribution in [0.5, 0.6) is 0 Å². The van der Waals surface area contributed by atoms with E-state index in [1.165, 1.54) is 4.57 Å². The first kappa shape index (κ1) is 16.8. The molecule has 0 amide bonds. The molecule has 2 aromatic heterocycles. The molecular formula is C18H15F2N7. The van der Waals surface area contributed by atoms with Crippen molar-refractivity contribution in [1.29, 1.82) is 0 Å². The second-order valence-corrected chi connectivity index (χ2v) is 6.06. The van der Waals surface area contributed by atoms with Crippen LogP contribution in [0.15, 0.2) is 36.4 Å². The molecule has 0 bridgehead atoms. The smallest absolute Gasteiger partial charge is 0.242 e. The summed E-state index contributed by atoms with van der Waals surface area (Å²) in [6.45, 7) is 3.67. The number of nitrogens with one attached hydrogen (secondary N) is 1. The van der Waals surface area contributed by atoms with Gasteiger partial charge in [-0.3, -0.25) is 4.57 Å². The largest absolute Gasteiger partial charge is 0.368 e. The van der Waals surface area contributed by atoms with Crippen LogP contribution in [0.4, 0.5) is 26.4 Å².